The van der Waals surface area contributed by atoms with Crippen molar-refractivity contribution in [1.29, 1.82) is 0 Å². The van der Waals surface area contributed by atoms with Gasteiger partial charge in [0.15, 0.2) is 0 Å². The van der Waals surface area contributed by atoms with Crippen LogP contribution in [0.5, 0.6) is 11.5 Å². The summed E-state index contributed by atoms with van der Waals surface area (Å²) in [6.45, 7) is 8.92. The molecule has 3 rings (SSSR count). The molecule has 1 fully saturated rings. The quantitative estimate of drug-likeness (QED) is 0.810. The van der Waals surface area contributed by atoms with Gasteiger partial charge in [-0.1, -0.05) is 27.2 Å². The summed E-state index contributed by atoms with van der Waals surface area (Å²) in [4.78, 5) is 0. The number of ether oxygens (including phenoxy) is 1. The minimum Gasteiger partial charge on any atom is -0.508 e. The molecule has 2 nitrogen and oxygen atoms in total. The molecule has 1 unspecified atom stereocenters. The number of hydrogen-bond donors (Lipinski definition) is 1. The molecule has 110 valence electrons. The highest BCUT2D eigenvalue weighted by molar-refractivity contribution is 5.49. The van der Waals surface area contributed by atoms with Crippen molar-refractivity contribution in [3.63, 3.8) is 0 Å². The maximum atomic E-state index is 9.88. The van der Waals surface area contributed by atoms with Gasteiger partial charge in [-0.2, -0.15) is 0 Å². The van der Waals surface area contributed by atoms with E-state index in [4.69, 9.17) is 4.74 Å². The molecule has 0 spiro atoms. The molecule has 2 heteroatoms. The van der Waals surface area contributed by atoms with Crippen molar-refractivity contribution < 1.29 is 9.84 Å². The minimum atomic E-state index is -0.0400. The monoisotopic (exact) mass is 274 g/mol. The van der Waals surface area contributed by atoms with Crippen molar-refractivity contribution in [3.8, 4) is 11.5 Å². The van der Waals surface area contributed by atoms with Crippen LogP contribution >= 0.6 is 0 Å². The lowest BCUT2D eigenvalue weighted by Crippen LogP contribution is -2.57. The average molecular weight is 274 g/mol. The molecule has 20 heavy (non-hydrogen) atoms. The van der Waals surface area contributed by atoms with Crippen molar-refractivity contribution in [1.82, 2.24) is 0 Å². The third kappa shape index (κ3) is 1.84. The molecule has 1 saturated carbocycles. The van der Waals surface area contributed by atoms with Crippen LogP contribution in [0.1, 0.15) is 57.6 Å². The van der Waals surface area contributed by atoms with Crippen molar-refractivity contribution in [2.24, 2.45) is 11.3 Å². The van der Waals surface area contributed by atoms with Crippen LogP contribution in [0, 0.1) is 18.3 Å². The second-order valence-electron chi connectivity index (χ2n) is 7.56. The van der Waals surface area contributed by atoms with Gasteiger partial charge in [-0.15, -0.1) is 0 Å². The molecular formula is C18H26O2. The van der Waals surface area contributed by atoms with E-state index in [1.165, 1.54) is 24.8 Å². The van der Waals surface area contributed by atoms with Gasteiger partial charge in [-0.05, 0) is 56.2 Å². The van der Waals surface area contributed by atoms with Crippen LogP contribution in [0.25, 0.3) is 0 Å². The summed E-state index contributed by atoms with van der Waals surface area (Å²) >= 11 is 0. The number of phenolic OH excluding ortho intramolecular Hbond substituents is 1. The lowest BCUT2D eigenvalue weighted by Gasteiger charge is -2.55. The lowest BCUT2D eigenvalue weighted by molar-refractivity contribution is -0.118. The standard InChI is InChI=1S/C18H26O2/c1-12-14-10-11-18(17(2,3)4,13-6-5-7-13)20-16(14)9-8-15(12)19/h8-9,13,19H,5-7,10-11H2,1-4H3. The van der Waals surface area contributed by atoms with E-state index in [1.54, 1.807) is 6.07 Å². The number of benzene rings is 1. The Morgan fingerprint density at radius 1 is 1.25 bits per heavy atom. The van der Waals surface area contributed by atoms with E-state index in [0.29, 0.717) is 11.7 Å². The molecule has 0 amide bonds. The van der Waals surface area contributed by atoms with Gasteiger partial charge in [-0.3, -0.25) is 0 Å². The molecule has 1 heterocycles. The second kappa shape index (κ2) is 4.41. The van der Waals surface area contributed by atoms with E-state index in [2.05, 4.69) is 20.8 Å². The molecule has 0 radical (unpaired) electrons. The fourth-order valence-corrected chi connectivity index (χ4v) is 3.99. The normalized spacial score (nSPS) is 26.6. The zero-order valence-electron chi connectivity index (χ0n) is 13.1. The number of rotatable bonds is 1. The van der Waals surface area contributed by atoms with Crippen LogP contribution in [-0.4, -0.2) is 10.7 Å². The molecule has 1 N–H and O–H groups in total. The first-order valence-electron chi connectivity index (χ1n) is 7.85. The van der Waals surface area contributed by atoms with Crippen molar-refractivity contribution in [2.75, 3.05) is 0 Å². The highest BCUT2D eigenvalue weighted by atomic mass is 16.5. The number of aromatic hydroxyl groups is 1. The average Bonchev–Trinajstić information content (AvgIpc) is 2.30. The summed E-state index contributed by atoms with van der Waals surface area (Å²) < 4.78 is 6.61. The minimum absolute atomic E-state index is 0.0400. The van der Waals surface area contributed by atoms with E-state index in [0.717, 1.165) is 24.2 Å². The molecule has 1 aromatic rings. The first kappa shape index (κ1) is 13.8. The fraction of sp³-hybridized carbons (Fsp3) is 0.667. The highest BCUT2D eigenvalue weighted by Gasteiger charge is 2.53. The Bertz CT molecular complexity index is 523. The topological polar surface area (TPSA) is 29.5 Å². The third-order valence-corrected chi connectivity index (χ3v) is 5.60. The number of hydrogen-bond acceptors (Lipinski definition) is 2. The van der Waals surface area contributed by atoms with Crippen molar-refractivity contribution >= 4 is 0 Å². The number of phenols is 1. The Balaban J connectivity index is 2.02. The van der Waals surface area contributed by atoms with E-state index in [-0.39, 0.29) is 11.0 Å². The van der Waals surface area contributed by atoms with E-state index >= 15 is 0 Å². The molecule has 0 saturated heterocycles. The number of fused-ring (bicyclic) bond motifs is 1. The van der Waals surface area contributed by atoms with Gasteiger partial charge < -0.3 is 9.84 Å². The van der Waals surface area contributed by atoms with Gasteiger partial charge in [-0.25, -0.2) is 0 Å². The summed E-state index contributed by atoms with van der Waals surface area (Å²) in [6, 6.07) is 3.73. The Morgan fingerprint density at radius 2 is 1.95 bits per heavy atom. The zero-order valence-corrected chi connectivity index (χ0v) is 13.1. The van der Waals surface area contributed by atoms with Gasteiger partial charge in [0.2, 0.25) is 0 Å². The first-order chi connectivity index (χ1) is 9.35. The molecule has 0 bridgehead atoms. The molecular weight excluding hydrogens is 248 g/mol. The SMILES string of the molecule is Cc1c(O)ccc2c1CCC(C1CCC1)(C(C)(C)C)O2. The Labute approximate surface area is 122 Å². The van der Waals surface area contributed by atoms with Crippen LogP contribution in [0.4, 0.5) is 0 Å². The molecule has 1 aromatic carbocycles. The fourth-order valence-electron chi connectivity index (χ4n) is 3.99. The Hall–Kier alpha value is -1.18. The Kier molecular flexibility index (Phi) is 3.04. The summed E-state index contributed by atoms with van der Waals surface area (Å²) in [5.41, 5.74) is 2.28. The predicted molar refractivity (Wildman–Crippen MR) is 81.3 cm³/mol. The van der Waals surface area contributed by atoms with Crippen LogP contribution < -0.4 is 4.74 Å². The maximum Gasteiger partial charge on any atom is 0.123 e. The largest absolute Gasteiger partial charge is 0.508 e. The van der Waals surface area contributed by atoms with Gasteiger partial charge in [0.1, 0.15) is 17.1 Å². The first-order valence-corrected chi connectivity index (χ1v) is 7.85. The van der Waals surface area contributed by atoms with Crippen LogP contribution in [0.15, 0.2) is 12.1 Å². The smallest absolute Gasteiger partial charge is 0.123 e. The van der Waals surface area contributed by atoms with Gasteiger partial charge in [0.25, 0.3) is 0 Å². The summed E-state index contributed by atoms with van der Waals surface area (Å²) in [5, 5.41) is 9.88. The van der Waals surface area contributed by atoms with Gasteiger partial charge in [0.05, 0.1) is 0 Å². The summed E-state index contributed by atoms with van der Waals surface area (Å²) in [5.74, 6) is 2.07. The molecule has 1 aliphatic heterocycles. The van der Waals surface area contributed by atoms with Gasteiger partial charge in [0, 0.05) is 11.0 Å². The van der Waals surface area contributed by atoms with E-state index in [1.807, 2.05) is 13.0 Å². The van der Waals surface area contributed by atoms with Crippen molar-refractivity contribution in [2.45, 2.75) is 65.4 Å². The molecule has 2 aliphatic rings. The zero-order chi connectivity index (χ0) is 14.5. The second-order valence-corrected chi connectivity index (χ2v) is 7.56. The molecule has 1 atom stereocenters. The lowest BCUT2D eigenvalue weighted by atomic mass is 9.59. The van der Waals surface area contributed by atoms with E-state index < -0.39 is 0 Å². The van der Waals surface area contributed by atoms with E-state index in [9.17, 15) is 5.11 Å². The summed E-state index contributed by atoms with van der Waals surface area (Å²) in [6.07, 6.45) is 6.02. The van der Waals surface area contributed by atoms with Crippen molar-refractivity contribution in [3.05, 3.63) is 23.3 Å². The third-order valence-electron chi connectivity index (χ3n) is 5.60. The van der Waals surface area contributed by atoms with Crippen LogP contribution in [0.2, 0.25) is 0 Å². The van der Waals surface area contributed by atoms with Gasteiger partial charge >= 0.3 is 0 Å². The maximum absolute atomic E-state index is 9.88. The highest BCUT2D eigenvalue weighted by Crippen LogP contribution is 2.54. The van der Waals surface area contributed by atoms with Crippen LogP contribution in [0.3, 0.4) is 0 Å². The molecule has 0 aromatic heterocycles. The molecule has 1 aliphatic carbocycles. The predicted octanol–water partition coefficient (Wildman–Crippen LogP) is 4.61. The summed E-state index contributed by atoms with van der Waals surface area (Å²) in [7, 11) is 0. The van der Waals surface area contributed by atoms with Crippen LogP contribution in [-0.2, 0) is 6.42 Å². The Morgan fingerprint density at radius 3 is 2.50 bits per heavy atom.